The van der Waals surface area contributed by atoms with Gasteiger partial charge in [-0.15, -0.1) is 0 Å². The highest BCUT2D eigenvalue weighted by Gasteiger charge is 2.46. The maximum absolute atomic E-state index is 14.1. The molecule has 3 aliphatic heterocycles. The van der Waals surface area contributed by atoms with E-state index in [1.807, 2.05) is 13.0 Å². The molecule has 8 heteroatoms. The van der Waals surface area contributed by atoms with Crippen LogP contribution in [0, 0.1) is 29.6 Å². The summed E-state index contributed by atoms with van der Waals surface area (Å²) in [5.41, 5.74) is 1.08. The normalized spacial score (nSPS) is 41.4. The quantitative estimate of drug-likeness (QED) is 0.303. The molecule has 1 aliphatic carbocycles. The number of cyclic esters (lactones) is 1. The first kappa shape index (κ1) is 38.8. The Labute approximate surface area is 290 Å². The minimum Gasteiger partial charge on any atom is -0.460 e. The number of esters is 1. The smallest absolute Gasteiger partial charge is 0.329 e. The van der Waals surface area contributed by atoms with Crippen LogP contribution in [0.3, 0.4) is 0 Å². The van der Waals surface area contributed by atoms with E-state index in [9.17, 15) is 19.8 Å². The van der Waals surface area contributed by atoms with E-state index in [1.54, 1.807) is 12.0 Å². The highest BCUT2D eigenvalue weighted by Crippen LogP contribution is 2.39. The second-order valence-electron chi connectivity index (χ2n) is 15.8. The third kappa shape index (κ3) is 10.7. The molecule has 0 aromatic heterocycles. The summed E-state index contributed by atoms with van der Waals surface area (Å²) >= 11 is 0. The molecule has 8 nitrogen and oxygen atoms in total. The van der Waals surface area contributed by atoms with Gasteiger partial charge in [0.05, 0.1) is 24.7 Å². The Morgan fingerprint density at radius 2 is 1.73 bits per heavy atom. The second-order valence-corrected chi connectivity index (χ2v) is 15.8. The SMILES string of the molecule is CO[C@H]1C[C@@H]2CC[C@@H](C)[C@](O)(CC(=O)N3CCCC[C@H]3C(=O)OC([C@H](C)C[C@H]3CC[C@H](O)CC3)C(C)CC[C@H](C)/C=C/C=C/C=C/1C)O2. The molecule has 2 saturated heterocycles. The standard InChI is InChI=1S/C40H65NO7/c1-27-12-8-7-9-13-28(2)36(46-6)25-34-22-17-31(5)40(45,48-34)26-37(43)41-23-11-10-14-35(41)39(44)47-38(29(3)16-15-27)30(4)24-32-18-20-33(42)21-19-32/h7-9,12-13,27,29-36,38,42,45H,10-11,14-26H2,1-6H3/b9-7+,12-8+,28-13+/t27-,29?,30-,31-,32-,33-,34+,35+,36+,38?,40+/m1/s1. The zero-order chi connectivity index (χ0) is 34.8. The fraction of sp³-hybridized carbons (Fsp3) is 0.800. The van der Waals surface area contributed by atoms with Gasteiger partial charge in [0.15, 0.2) is 5.79 Å². The van der Waals surface area contributed by atoms with Crippen LogP contribution in [-0.2, 0) is 23.8 Å². The summed E-state index contributed by atoms with van der Waals surface area (Å²) < 4.78 is 18.7. The van der Waals surface area contributed by atoms with Crippen molar-refractivity contribution in [2.45, 2.75) is 161 Å². The van der Waals surface area contributed by atoms with Gasteiger partial charge in [0.2, 0.25) is 5.91 Å². The zero-order valence-electron chi connectivity index (χ0n) is 30.6. The van der Waals surface area contributed by atoms with Crippen LogP contribution < -0.4 is 0 Å². The van der Waals surface area contributed by atoms with Gasteiger partial charge in [-0.05, 0) is 113 Å². The maximum Gasteiger partial charge on any atom is 0.329 e. The molecule has 3 fully saturated rings. The lowest BCUT2D eigenvalue weighted by molar-refractivity contribution is -0.284. The van der Waals surface area contributed by atoms with Crippen molar-refractivity contribution < 1.29 is 34.0 Å². The summed E-state index contributed by atoms with van der Waals surface area (Å²) in [6.07, 6.45) is 20.3. The van der Waals surface area contributed by atoms with E-state index in [-0.39, 0.29) is 60.5 Å². The molecular formula is C40H65NO7. The first-order chi connectivity index (χ1) is 22.9. The monoisotopic (exact) mass is 671 g/mol. The number of methoxy groups -OCH3 is 1. The van der Waals surface area contributed by atoms with Crippen molar-refractivity contribution in [2.24, 2.45) is 29.6 Å². The molecule has 3 heterocycles. The first-order valence-electron chi connectivity index (χ1n) is 19.0. The highest BCUT2D eigenvalue weighted by molar-refractivity contribution is 5.85. The van der Waals surface area contributed by atoms with E-state index >= 15 is 0 Å². The van der Waals surface area contributed by atoms with Crippen LogP contribution in [0.5, 0.6) is 0 Å². The van der Waals surface area contributed by atoms with Gasteiger partial charge < -0.3 is 29.3 Å². The fourth-order valence-electron chi connectivity index (χ4n) is 8.47. The number of allylic oxidation sites excluding steroid dienone is 5. The summed E-state index contributed by atoms with van der Waals surface area (Å²) in [6, 6.07) is -0.659. The maximum atomic E-state index is 14.1. The summed E-state index contributed by atoms with van der Waals surface area (Å²) in [6.45, 7) is 11.1. The molecule has 2 unspecified atom stereocenters. The highest BCUT2D eigenvalue weighted by atomic mass is 16.6. The van der Waals surface area contributed by atoms with Crippen LogP contribution in [0.25, 0.3) is 0 Å². The number of carbonyl (C=O) groups excluding carboxylic acids is 2. The number of aliphatic hydroxyl groups is 2. The molecule has 2 bridgehead atoms. The molecule has 2 N–H and O–H groups in total. The molecule has 4 rings (SSSR count). The Kier molecular flexibility index (Phi) is 14.8. The van der Waals surface area contributed by atoms with Gasteiger partial charge in [-0.25, -0.2) is 4.79 Å². The van der Waals surface area contributed by atoms with E-state index in [2.05, 4.69) is 52.0 Å². The van der Waals surface area contributed by atoms with Crippen LogP contribution in [-0.4, -0.2) is 76.9 Å². The Morgan fingerprint density at radius 1 is 0.979 bits per heavy atom. The average Bonchev–Trinajstić information content (AvgIpc) is 3.06. The van der Waals surface area contributed by atoms with Crippen LogP contribution in [0.15, 0.2) is 36.0 Å². The summed E-state index contributed by atoms with van der Waals surface area (Å²) in [7, 11) is 1.70. The van der Waals surface area contributed by atoms with Crippen molar-refractivity contribution in [2.75, 3.05) is 13.7 Å². The van der Waals surface area contributed by atoms with Crippen molar-refractivity contribution in [1.29, 1.82) is 0 Å². The van der Waals surface area contributed by atoms with Crippen LogP contribution in [0.1, 0.15) is 125 Å². The van der Waals surface area contributed by atoms with Gasteiger partial charge in [-0.2, -0.15) is 0 Å². The molecule has 0 aromatic rings. The van der Waals surface area contributed by atoms with Gasteiger partial charge in [0.1, 0.15) is 12.1 Å². The fourth-order valence-corrected chi connectivity index (χ4v) is 8.47. The number of hydrogen-bond donors (Lipinski definition) is 2. The lowest BCUT2D eigenvalue weighted by Crippen LogP contribution is -2.55. The molecule has 272 valence electrons. The molecule has 9 atom stereocenters. The number of piperidine rings is 1. The lowest BCUT2D eigenvalue weighted by atomic mass is 9.78. The van der Waals surface area contributed by atoms with Gasteiger partial charge >= 0.3 is 5.97 Å². The summed E-state index contributed by atoms with van der Waals surface area (Å²) in [4.78, 5) is 29.7. The number of ether oxygens (including phenoxy) is 3. The van der Waals surface area contributed by atoms with Gasteiger partial charge in [0.25, 0.3) is 0 Å². The van der Waals surface area contributed by atoms with Crippen molar-refractivity contribution in [3.8, 4) is 0 Å². The van der Waals surface area contributed by atoms with Gasteiger partial charge in [-0.3, -0.25) is 4.79 Å². The molecule has 1 amide bonds. The molecule has 1 saturated carbocycles. The van der Waals surface area contributed by atoms with Crippen molar-refractivity contribution in [3.05, 3.63) is 36.0 Å². The number of hydrogen-bond acceptors (Lipinski definition) is 7. The van der Waals surface area contributed by atoms with Crippen molar-refractivity contribution in [1.82, 2.24) is 4.90 Å². The molecule has 0 radical (unpaired) electrons. The molecule has 4 aliphatic rings. The average molecular weight is 672 g/mol. The largest absolute Gasteiger partial charge is 0.460 e. The third-order valence-corrected chi connectivity index (χ3v) is 11.8. The molecular weight excluding hydrogens is 606 g/mol. The van der Waals surface area contributed by atoms with E-state index in [0.29, 0.717) is 31.2 Å². The number of nitrogens with zero attached hydrogens (tertiary/aromatic N) is 1. The van der Waals surface area contributed by atoms with Gasteiger partial charge in [-0.1, -0.05) is 58.1 Å². The Balaban J connectivity index is 1.60. The molecule has 48 heavy (non-hydrogen) atoms. The van der Waals surface area contributed by atoms with Crippen molar-refractivity contribution >= 4 is 11.9 Å². The number of fused-ring (bicyclic) bond motifs is 3. The Bertz CT molecular complexity index is 1130. The van der Waals surface area contributed by atoms with E-state index < -0.39 is 11.8 Å². The minimum absolute atomic E-state index is 0.154. The van der Waals surface area contributed by atoms with Gasteiger partial charge in [0, 0.05) is 26.0 Å². The molecule has 0 aromatic carbocycles. The Morgan fingerprint density at radius 3 is 2.46 bits per heavy atom. The van der Waals surface area contributed by atoms with Crippen LogP contribution in [0.2, 0.25) is 0 Å². The minimum atomic E-state index is -1.61. The topological polar surface area (TPSA) is 106 Å². The van der Waals surface area contributed by atoms with E-state index in [1.165, 1.54) is 0 Å². The number of aliphatic hydroxyl groups excluding tert-OH is 1. The zero-order valence-corrected chi connectivity index (χ0v) is 30.6. The predicted octanol–water partition coefficient (Wildman–Crippen LogP) is 7.28. The van der Waals surface area contributed by atoms with Crippen LogP contribution in [0.4, 0.5) is 0 Å². The number of carbonyl (C=O) groups is 2. The predicted molar refractivity (Wildman–Crippen MR) is 189 cm³/mol. The third-order valence-electron chi connectivity index (χ3n) is 11.8. The first-order valence-corrected chi connectivity index (χ1v) is 19.0. The summed E-state index contributed by atoms with van der Waals surface area (Å²) in [5, 5.41) is 21.9. The second kappa shape index (κ2) is 18.3. The number of rotatable bonds is 4. The lowest BCUT2D eigenvalue weighted by Gasteiger charge is -2.44. The van der Waals surface area contributed by atoms with E-state index in [0.717, 1.165) is 76.2 Å². The number of amides is 1. The van der Waals surface area contributed by atoms with Crippen molar-refractivity contribution in [3.63, 3.8) is 0 Å². The van der Waals surface area contributed by atoms with Crippen LogP contribution >= 0.6 is 0 Å². The Hall–Kier alpha value is -2.00. The van der Waals surface area contributed by atoms with E-state index in [4.69, 9.17) is 14.2 Å². The molecule has 0 spiro atoms. The summed E-state index contributed by atoms with van der Waals surface area (Å²) in [5.74, 6) is -1.20.